The van der Waals surface area contributed by atoms with Gasteiger partial charge >= 0.3 is 12.3 Å². The standard InChI is InChI=1S/C21H25F4N5O2/c1-20(2,3)32-19(31)30-10-4-9-29(11-12-30)18-27-16(21(23,24)25)13-17(28-18)26-15-7-5-14(22)6-8-15/h5-8,13H,4,9-12H2,1-3H3,(H,26,27,28). The second-order valence-corrected chi connectivity index (χ2v) is 8.38. The SMILES string of the molecule is CC(C)(C)OC(=O)N1CCCN(c2nc(Nc3ccc(F)cc3)cc(C(F)(F)F)n2)CC1. The summed E-state index contributed by atoms with van der Waals surface area (Å²) in [6.45, 7) is 6.58. The van der Waals surface area contributed by atoms with E-state index < -0.39 is 29.4 Å². The van der Waals surface area contributed by atoms with Crippen molar-refractivity contribution >= 4 is 23.5 Å². The van der Waals surface area contributed by atoms with Gasteiger partial charge in [0.25, 0.3) is 0 Å². The number of nitrogens with one attached hydrogen (secondary N) is 1. The summed E-state index contributed by atoms with van der Waals surface area (Å²) >= 11 is 0. The van der Waals surface area contributed by atoms with Crippen LogP contribution >= 0.6 is 0 Å². The van der Waals surface area contributed by atoms with E-state index in [1.54, 1.807) is 25.7 Å². The number of hydrogen-bond acceptors (Lipinski definition) is 6. The summed E-state index contributed by atoms with van der Waals surface area (Å²) < 4.78 is 58.9. The molecule has 1 fully saturated rings. The number of hydrogen-bond donors (Lipinski definition) is 1. The first kappa shape index (κ1) is 23.6. The highest BCUT2D eigenvalue weighted by Crippen LogP contribution is 2.31. The lowest BCUT2D eigenvalue weighted by atomic mass is 10.2. The Morgan fingerprint density at radius 1 is 1.03 bits per heavy atom. The summed E-state index contributed by atoms with van der Waals surface area (Å²) in [4.78, 5) is 23.4. The first-order valence-corrected chi connectivity index (χ1v) is 10.1. The first-order valence-electron chi connectivity index (χ1n) is 10.1. The zero-order valence-electron chi connectivity index (χ0n) is 18.0. The van der Waals surface area contributed by atoms with Gasteiger partial charge in [0.1, 0.15) is 17.2 Å². The van der Waals surface area contributed by atoms with E-state index in [4.69, 9.17) is 4.74 Å². The third-order valence-electron chi connectivity index (χ3n) is 4.55. The Morgan fingerprint density at radius 2 is 1.72 bits per heavy atom. The van der Waals surface area contributed by atoms with E-state index in [0.29, 0.717) is 25.2 Å². The molecule has 32 heavy (non-hydrogen) atoms. The predicted octanol–water partition coefficient (Wildman–Crippen LogP) is 4.83. The zero-order chi connectivity index (χ0) is 23.5. The molecule has 0 aliphatic carbocycles. The average molecular weight is 455 g/mol. The summed E-state index contributed by atoms with van der Waals surface area (Å²) in [5, 5.41) is 2.76. The van der Waals surface area contributed by atoms with E-state index in [9.17, 15) is 22.4 Å². The molecular formula is C21H25F4N5O2. The minimum Gasteiger partial charge on any atom is -0.444 e. The Hall–Kier alpha value is -3.11. The number of aromatic nitrogens is 2. The van der Waals surface area contributed by atoms with Gasteiger partial charge in [-0.25, -0.2) is 14.2 Å². The van der Waals surface area contributed by atoms with Crippen LogP contribution in [0.15, 0.2) is 30.3 Å². The van der Waals surface area contributed by atoms with Crippen LogP contribution in [0.3, 0.4) is 0 Å². The van der Waals surface area contributed by atoms with Gasteiger partial charge in [0.15, 0.2) is 5.69 Å². The summed E-state index contributed by atoms with van der Waals surface area (Å²) in [6, 6.07) is 5.98. The molecule has 11 heteroatoms. The molecule has 7 nitrogen and oxygen atoms in total. The molecule has 1 aliphatic heterocycles. The van der Waals surface area contributed by atoms with Gasteiger partial charge in [-0.1, -0.05) is 0 Å². The fraction of sp³-hybridized carbons (Fsp3) is 0.476. The molecule has 2 heterocycles. The lowest BCUT2D eigenvalue weighted by Crippen LogP contribution is -2.39. The number of ether oxygens (including phenoxy) is 1. The lowest BCUT2D eigenvalue weighted by Gasteiger charge is -2.26. The number of nitrogens with zero attached hydrogens (tertiary/aromatic N) is 4. The maximum absolute atomic E-state index is 13.5. The molecule has 1 N–H and O–H groups in total. The Kier molecular flexibility index (Phi) is 6.75. The average Bonchev–Trinajstić information content (AvgIpc) is 2.94. The minimum absolute atomic E-state index is 0.0674. The highest BCUT2D eigenvalue weighted by molar-refractivity contribution is 5.68. The van der Waals surface area contributed by atoms with Gasteiger partial charge in [-0.2, -0.15) is 18.2 Å². The van der Waals surface area contributed by atoms with Gasteiger partial charge in [-0.05, 0) is 51.5 Å². The molecule has 1 aliphatic rings. The topological polar surface area (TPSA) is 70.6 Å². The van der Waals surface area contributed by atoms with Crippen molar-refractivity contribution in [3.05, 3.63) is 41.8 Å². The number of carbonyl (C=O) groups is 1. The molecule has 1 saturated heterocycles. The summed E-state index contributed by atoms with van der Waals surface area (Å²) in [5.74, 6) is -0.633. The summed E-state index contributed by atoms with van der Waals surface area (Å²) in [5.41, 5.74) is -1.36. The lowest BCUT2D eigenvalue weighted by molar-refractivity contribution is -0.141. The molecule has 174 valence electrons. The van der Waals surface area contributed by atoms with Crippen LogP contribution in [0, 0.1) is 5.82 Å². The van der Waals surface area contributed by atoms with E-state index in [1.807, 2.05) is 0 Å². The van der Waals surface area contributed by atoms with Crippen molar-refractivity contribution in [2.75, 3.05) is 36.4 Å². The zero-order valence-corrected chi connectivity index (χ0v) is 18.0. The van der Waals surface area contributed by atoms with Crippen LogP contribution in [0.4, 0.5) is 39.8 Å². The number of amides is 1. The fourth-order valence-electron chi connectivity index (χ4n) is 3.09. The molecule has 3 rings (SSSR count). The van der Waals surface area contributed by atoms with E-state index in [0.717, 1.165) is 6.07 Å². The Labute approximate surface area is 183 Å². The fourth-order valence-corrected chi connectivity index (χ4v) is 3.09. The highest BCUT2D eigenvalue weighted by atomic mass is 19.4. The van der Waals surface area contributed by atoms with Crippen molar-refractivity contribution in [1.29, 1.82) is 0 Å². The highest BCUT2D eigenvalue weighted by Gasteiger charge is 2.35. The molecule has 0 radical (unpaired) electrons. The number of alkyl halides is 3. The van der Waals surface area contributed by atoms with E-state index in [-0.39, 0.29) is 24.9 Å². The number of halogens is 4. The molecule has 1 aromatic carbocycles. The van der Waals surface area contributed by atoms with Crippen molar-refractivity contribution in [2.45, 2.75) is 39.0 Å². The Balaban J connectivity index is 1.81. The monoisotopic (exact) mass is 455 g/mol. The van der Waals surface area contributed by atoms with Crippen LogP contribution < -0.4 is 10.2 Å². The predicted molar refractivity (Wildman–Crippen MR) is 111 cm³/mol. The first-order chi connectivity index (χ1) is 14.9. The molecular weight excluding hydrogens is 430 g/mol. The minimum atomic E-state index is -4.68. The third-order valence-corrected chi connectivity index (χ3v) is 4.55. The van der Waals surface area contributed by atoms with Crippen molar-refractivity contribution in [3.8, 4) is 0 Å². The maximum atomic E-state index is 13.5. The van der Waals surface area contributed by atoms with E-state index in [1.165, 1.54) is 29.2 Å². The Morgan fingerprint density at radius 3 is 2.34 bits per heavy atom. The molecule has 1 amide bonds. The number of carbonyl (C=O) groups excluding carboxylic acids is 1. The molecule has 1 aromatic heterocycles. The van der Waals surface area contributed by atoms with Crippen LogP contribution in [0.1, 0.15) is 32.9 Å². The normalized spacial score (nSPS) is 15.3. The molecule has 0 spiro atoms. The molecule has 0 bridgehead atoms. The summed E-state index contributed by atoms with van der Waals surface area (Å²) in [7, 11) is 0. The van der Waals surface area contributed by atoms with Crippen LogP contribution in [0.2, 0.25) is 0 Å². The Bertz CT molecular complexity index is 945. The van der Waals surface area contributed by atoms with Crippen LogP contribution in [0.5, 0.6) is 0 Å². The van der Waals surface area contributed by atoms with Gasteiger partial charge in [-0.3, -0.25) is 0 Å². The van der Waals surface area contributed by atoms with Crippen LogP contribution in [0.25, 0.3) is 0 Å². The summed E-state index contributed by atoms with van der Waals surface area (Å²) in [6.07, 6.45) is -4.63. The third kappa shape index (κ3) is 6.44. The quantitative estimate of drug-likeness (QED) is 0.669. The number of anilines is 3. The van der Waals surface area contributed by atoms with Crippen LogP contribution in [-0.2, 0) is 10.9 Å². The van der Waals surface area contributed by atoms with Gasteiger partial charge in [-0.15, -0.1) is 0 Å². The number of rotatable bonds is 3. The van der Waals surface area contributed by atoms with E-state index in [2.05, 4.69) is 15.3 Å². The van der Waals surface area contributed by atoms with Crippen molar-refractivity contribution in [1.82, 2.24) is 14.9 Å². The van der Waals surface area contributed by atoms with Gasteiger partial charge in [0.2, 0.25) is 5.95 Å². The molecule has 0 saturated carbocycles. The van der Waals surface area contributed by atoms with Crippen molar-refractivity contribution < 1.29 is 27.1 Å². The molecule has 0 atom stereocenters. The van der Waals surface area contributed by atoms with Crippen molar-refractivity contribution in [2.24, 2.45) is 0 Å². The van der Waals surface area contributed by atoms with Gasteiger partial charge in [0.05, 0.1) is 0 Å². The second-order valence-electron chi connectivity index (χ2n) is 8.38. The molecule has 2 aromatic rings. The van der Waals surface area contributed by atoms with Crippen molar-refractivity contribution in [3.63, 3.8) is 0 Å². The largest absolute Gasteiger partial charge is 0.444 e. The second kappa shape index (κ2) is 9.17. The van der Waals surface area contributed by atoms with Gasteiger partial charge < -0.3 is 19.9 Å². The van der Waals surface area contributed by atoms with Gasteiger partial charge in [0, 0.05) is 37.9 Å². The maximum Gasteiger partial charge on any atom is 0.433 e. The van der Waals surface area contributed by atoms with Crippen LogP contribution in [-0.4, -0.2) is 52.7 Å². The number of benzene rings is 1. The smallest absolute Gasteiger partial charge is 0.433 e. The molecule has 0 unspecified atom stereocenters. The van der Waals surface area contributed by atoms with E-state index >= 15 is 0 Å².